The van der Waals surface area contributed by atoms with E-state index in [4.69, 9.17) is 0 Å². The van der Waals surface area contributed by atoms with Gasteiger partial charge in [-0.25, -0.2) is 8.78 Å². The van der Waals surface area contributed by atoms with E-state index in [1.165, 1.54) is 0 Å². The van der Waals surface area contributed by atoms with Gasteiger partial charge in [-0.1, -0.05) is 0 Å². The highest BCUT2D eigenvalue weighted by molar-refractivity contribution is 5.99. The molecule has 76 valence electrons. The second-order valence-corrected chi connectivity index (χ2v) is 2.00. The number of carbonyl (C=O) groups is 2. The van der Waals surface area contributed by atoms with Gasteiger partial charge in [0.15, 0.2) is 5.92 Å². The lowest BCUT2D eigenvalue weighted by molar-refractivity contribution is -0.323. The molecule has 0 amide bonds. The van der Waals surface area contributed by atoms with Crippen LogP contribution >= 0.6 is 0 Å². The number of Topliss-reactive ketones (excluding diaryl/α,β-unsaturated/α-hetero) is 1. The second kappa shape index (κ2) is 3.67. The van der Waals surface area contributed by atoms with E-state index in [-0.39, 0.29) is 0 Å². The maximum atomic E-state index is 11.6. The molecule has 8 heteroatoms. The second-order valence-electron chi connectivity index (χ2n) is 2.00. The molecule has 0 heterocycles. The molecule has 0 aromatic carbocycles. The minimum atomic E-state index is -5.55. The largest absolute Gasteiger partial charge is 0.549 e. The molecule has 0 aliphatic carbocycles. The van der Waals surface area contributed by atoms with Crippen molar-refractivity contribution < 1.29 is 36.6 Å². The third kappa shape index (κ3) is 2.96. The molecule has 0 N–H and O–H groups in total. The maximum Gasteiger partial charge on any atom is 0.404 e. The van der Waals surface area contributed by atoms with E-state index in [2.05, 4.69) is 0 Å². The van der Waals surface area contributed by atoms with Gasteiger partial charge in [0.1, 0.15) is 0 Å². The summed E-state index contributed by atoms with van der Waals surface area (Å²) < 4.78 is 57.7. The molecule has 0 radical (unpaired) electrons. The summed E-state index contributed by atoms with van der Waals surface area (Å²) in [5, 5.41) is 9.71. The van der Waals surface area contributed by atoms with Crippen LogP contribution in [0.4, 0.5) is 22.0 Å². The normalized spacial score (nSPS) is 14.3. The van der Waals surface area contributed by atoms with Crippen molar-refractivity contribution in [2.45, 2.75) is 12.6 Å². The summed E-state index contributed by atoms with van der Waals surface area (Å²) in [6.45, 7) is 0. The van der Waals surface area contributed by atoms with Crippen molar-refractivity contribution in [3.05, 3.63) is 0 Å². The molecule has 1 unspecified atom stereocenters. The van der Waals surface area contributed by atoms with Gasteiger partial charge in [0, 0.05) is 0 Å². The minimum Gasteiger partial charge on any atom is -0.549 e. The maximum absolute atomic E-state index is 11.6. The summed E-state index contributed by atoms with van der Waals surface area (Å²) >= 11 is 0. The molecule has 0 saturated carbocycles. The smallest absolute Gasteiger partial charge is 0.404 e. The first-order valence-corrected chi connectivity index (χ1v) is 2.77. The Morgan fingerprint density at radius 2 is 1.54 bits per heavy atom. The fraction of sp³-hybridized carbons (Fsp3) is 0.600. The van der Waals surface area contributed by atoms with Crippen LogP contribution in [0.2, 0.25) is 0 Å². The molecule has 0 aliphatic rings. The molecule has 0 spiro atoms. The van der Waals surface area contributed by atoms with Gasteiger partial charge in [0.2, 0.25) is 5.78 Å². The lowest BCUT2D eigenvalue weighted by atomic mass is 10.0. The van der Waals surface area contributed by atoms with Crippen molar-refractivity contribution in [2.75, 3.05) is 0 Å². The molecular weight excluding hydrogens is 203 g/mol. The van der Waals surface area contributed by atoms with Gasteiger partial charge < -0.3 is 9.90 Å². The number of ketones is 1. The molecule has 13 heavy (non-hydrogen) atoms. The summed E-state index contributed by atoms with van der Waals surface area (Å²) in [5.41, 5.74) is 0. The average molecular weight is 205 g/mol. The molecular formula is C5H2F5O3-. The van der Waals surface area contributed by atoms with E-state index in [0.29, 0.717) is 0 Å². The Morgan fingerprint density at radius 1 is 1.15 bits per heavy atom. The van der Waals surface area contributed by atoms with Crippen molar-refractivity contribution in [1.82, 2.24) is 0 Å². The quantitative estimate of drug-likeness (QED) is 0.471. The first-order valence-electron chi connectivity index (χ1n) is 2.77. The number of rotatable bonds is 3. The molecule has 3 nitrogen and oxygen atoms in total. The Bertz CT molecular complexity index is 221. The van der Waals surface area contributed by atoms with Crippen LogP contribution in [-0.2, 0) is 9.59 Å². The topological polar surface area (TPSA) is 57.2 Å². The molecule has 0 rings (SSSR count). The van der Waals surface area contributed by atoms with Gasteiger partial charge in [-0.3, -0.25) is 4.79 Å². The van der Waals surface area contributed by atoms with Crippen molar-refractivity contribution in [1.29, 1.82) is 0 Å². The van der Waals surface area contributed by atoms with Crippen molar-refractivity contribution in [2.24, 2.45) is 5.92 Å². The van der Waals surface area contributed by atoms with Gasteiger partial charge in [0.25, 0.3) is 6.43 Å². The predicted molar refractivity (Wildman–Crippen MR) is 25.6 cm³/mol. The SMILES string of the molecule is O=C([O-])C(C(=O)C(F)F)C(F)(F)F. The number of aliphatic carboxylic acids is 1. The van der Waals surface area contributed by atoms with E-state index < -0.39 is 30.3 Å². The third-order valence-corrected chi connectivity index (χ3v) is 1.06. The monoisotopic (exact) mass is 205 g/mol. The summed E-state index contributed by atoms with van der Waals surface area (Å²) in [6.07, 6.45) is -9.53. The van der Waals surface area contributed by atoms with E-state index in [0.717, 1.165) is 0 Å². The van der Waals surface area contributed by atoms with Crippen LogP contribution in [0.3, 0.4) is 0 Å². The summed E-state index contributed by atoms with van der Waals surface area (Å²) in [4.78, 5) is 19.7. The molecule has 0 bridgehead atoms. The molecule has 1 atom stereocenters. The van der Waals surface area contributed by atoms with Crippen LogP contribution in [0.25, 0.3) is 0 Å². The standard InChI is InChI=1S/C5H3F5O3/c6-3(7)2(11)1(4(12)13)5(8,9)10/h1,3H,(H,12,13)/p-1. The predicted octanol–water partition coefficient (Wildman–Crippen LogP) is -0.251. The molecule has 0 aromatic rings. The first kappa shape index (κ1) is 11.8. The Kier molecular flexibility index (Phi) is 3.33. The lowest BCUT2D eigenvalue weighted by Crippen LogP contribution is -2.47. The van der Waals surface area contributed by atoms with E-state index in [1.807, 2.05) is 0 Å². The number of carboxylic acids is 1. The molecule has 0 fully saturated rings. The van der Waals surface area contributed by atoms with Crippen molar-refractivity contribution in [3.8, 4) is 0 Å². The lowest BCUT2D eigenvalue weighted by Gasteiger charge is -2.18. The highest BCUT2D eigenvalue weighted by Gasteiger charge is 2.48. The highest BCUT2D eigenvalue weighted by Crippen LogP contribution is 2.28. The van der Waals surface area contributed by atoms with Crippen LogP contribution in [0.1, 0.15) is 0 Å². The van der Waals surface area contributed by atoms with Gasteiger partial charge in [0.05, 0.1) is 5.97 Å². The van der Waals surface area contributed by atoms with Crippen LogP contribution < -0.4 is 5.11 Å². The molecule has 0 aliphatic heterocycles. The molecule has 0 saturated heterocycles. The van der Waals surface area contributed by atoms with E-state index >= 15 is 0 Å². The molecule has 0 aromatic heterocycles. The first-order chi connectivity index (χ1) is 5.68. The van der Waals surface area contributed by atoms with Gasteiger partial charge in [-0.2, -0.15) is 13.2 Å². The van der Waals surface area contributed by atoms with Crippen LogP contribution in [0.5, 0.6) is 0 Å². The zero-order valence-corrected chi connectivity index (χ0v) is 5.77. The minimum absolute atomic E-state index is 2.72. The van der Waals surface area contributed by atoms with Crippen LogP contribution in [0, 0.1) is 5.92 Å². The summed E-state index contributed by atoms with van der Waals surface area (Å²) in [5.74, 6) is -9.35. The fourth-order valence-electron chi connectivity index (χ4n) is 0.537. The van der Waals surface area contributed by atoms with Gasteiger partial charge in [-0.15, -0.1) is 0 Å². The fourth-order valence-corrected chi connectivity index (χ4v) is 0.537. The number of carboxylic acid groups (broad SMARTS) is 1. The Balaban J connectivity index is 4.84. The Morgan fingerprint density at radius 3 is 1.62 bits per heavy atom. The van der Waals surface area contributed by atoms with Gasteiger partial charge in [-0.05, 0) is 0 Å². The summed E-state index contributed by atoms with van der Waals surface area (Å²) in [6, 6.07) is 0. The number of hydrogen-bond acceptors (Lipinski definition) is 3. The average Bonchev–Trinajstić information content (AvgIpc) is 1.82. The van der Waals surface area contributed by atoms with E-state index in [9.17, 15) is 36.6 Å². The number of halogens is 5. The van der Waals surface area contributed by atoms with Gasteiger partial charge >= 0.3 is 6.18 Å². The zero-order valence-electron chi connectivity index (χ0n) is 5.77. The zero-order chi connectivity index (χ0) is 10.8. The summed E-state index contributed by atoms with van der Waals surface area (Å²) in [7, 11) is 0. The Hall–Kier alpha value is -1.21. The van der Waals surface area contributed by atoms with E-state index in [1.54, 1.807) is 0 Å². The van der Waals surface area contributed by atoms with Crippen molar-refractivity contribution >= 4 is 11.8 Å². The highest BCUT2D eigenvalue weighted by atomic mass is 19.4. The van der Waals surface area contributed by atoms with Crippen LogP contribution in [0.15, 0.2) is 0 Å². The number of alkyl halides is 5. The number of carbonyl (C=O) groups excluding carboxylic acids is 2. The third-order valence-electron chi connectivity index (χ3n) is 1.06. The number of hydrogen-bond donors (Lipinski definition) is 0. The Labute approximate surface area is 68.1 Å². The van der Waals surface area contributed by atoms with Crippen LogP contribution in [-0.4, -0.2) is 24.4 Å². The van der Waals surface area contributed by atoms with Crippen molar-refractivity contribution in [3.63, 3.8) is 0 Å².